The van der Waals surface area contributed by atoms with E-state index in [1.165, 1.54) is 31.5 Å². The Labute approximate surface area is 187 Å². The van der Waals surface area contributed by atoms with E-state index in [2.05, 4.69) is 15.6 Å². The van der Waals surface area contributed by atoms with Crippen LogP contribution in [0.15, 0.2) is 54.7 Å². The minimum absolute atomic E-state index is 0.167. The summed E-state index contributed by atoms with van der Waals surface area (Å²) in [6.45, 7) is 0.300. The van der Waals surface area contributed by atoms with Gasteiger partial charge in [0.25, 0.3) is 5.91 Å². The van der Waals surface area contributed by atoms with Gasteiger partial charge in [0.1, 0.15) is 16.7 Å². The molecule has 2 aromatic carbocycles. The summed E-state index contributed by atoms with van der Waals surface area (Å²) in [6.07, 6.45) is -3.17. The minimum atomic E-state index is -4.46. The molecule has 2 N–H and O–H groups in total. The Kier molecular flexibility index (Phi) is 7.09. The maximum Gasteiger partial charge on any atom is 0.416 e. The monoisotopic (exact) mass is 465 g/mol. The lowest BCUT2D eigenvalue weighted by molar-refractivity contribution is -0.137. The maximum atomic E-state index is 12.7. The van der Waals surface area contributed by atoms with Crippen LogP contribution in [0.25, 0.3) is 0 Å². The number of hydrogen-bond donors (Lipinski definition) is 2. The van der Waals surface area contributed by atoms with Crippen LogP contribution in [0.1, 0.15) is 21.5 Å². The average molecular weight is 466 g/mol. The molecule has 32 heavy (non-hydrogen) atoms. The Balaban J connectivity index is 1.78. The van der Waals surface area contributed by atoms with Crippen molar-refractivity contribution in [3.05, 3.63) is 76.6 Å². The van der Waals surface area contributed by atoms with Crippen molar-refractivity contribution in [3.8, 4) is 11.5 Å². The quantitative estimate of drug-likeness (QED) is 0.442. The van der Waals surface area contributed by atoms with E-state index in [0.29, 0.717) is 23.7 Å². The molecule has 0 aliphatic carbocycles. The lowest BCUT2D eigenvalue weighted by Gasteiger charge is -2.15. The standard InChI is InChI=1S/C22H19ClF3N3O3/c1-31-16-8-3-13(19(9-16)32-2)11-27-18-10-20(23)28-12-17(18)21(30)29-15-6-4-14(5-7-15)22(24,25)26/h3-10,12H,11H2,1-2H3,(H,27,28)(H,29,30). The zero-order valence-electron chi connectivity index (χ0n) is 17.1. The zero-order valence-corrected chi connectivity index (χ0v) is 17.8. The van der Waals surface area contributed by atoms with Gasteiger partial charge in [-0.25, -0.2) is 4.98 Å². The molecular formula is C22H19ClF3N3O3. The summed E-state index contributed by atoms with van der Waals surface area (Å²) in [5.74, 6) is 0.667. The molecule has 3 rings (SSSR count). The van der Waals surface area contributed by atoms with E-state index in [1.54, 1.807) is 19.2 Å². The lowest BCUT2D eigenvalue weighted by atomic mass is 10.1. The summed E-state index contributed by atoms with van der Waals surface area (Å²) in [5, 5.41) is 5.85. The number of anilines is 2. The molecule has 0 bridgehead atoms. The van der Waals surface area contributed by atoms with Gasteiger partial charge in [-0.1, -0.05) is 11.6 Å². The van der Waals surface area contributed by atoms with E-state index in [0.717, 1.165) is 17.7 Å². The van der Waals surface area contributed by atoms with Crippen LogP contribution in [0, 0.1) is 0 Å². The summed E-state index contributed by atoms with van der Waals surface area (Å²) >= 11 is 5.99. The molecule has 0 saturated carbocycles. The number of methoxy groups -OCH3 is 2. The summed E-state index contributed by atoms with van der Waals surface area (Å²) < 4.78 is 48.7. The van der Waals surface area contributed by atoms with Gasteiger partial charge in [-0.15, -0.1) is 0 Å². The number of nitrogens with zero attached hydrogens (tertiary/aromatic N) is 1. The highest BCUT2D eigenvalue weighted by Gasteiger charge is 2.30. The normalized spacial score (nSPS) is 11.1. The molecule has 1 aromatic heterocycles. The summed E-state index contributed by atoms with van der Waals surface area (Å²) in [5.41, 5.74) is 0.768. The smallest absolute Gasteiger partial charge is 0.416 e. The first-order valence-corrected chi connectivity index (χ1v) is 9.68. The van der Waals surface area contributed by atoms with Crippen molar-refractivity contribution < 1.29 is 27.4 Å². The molecule has 0 atom stereocenters. The molecule has 0 aliphatic heterocycles. The van der Waals surface area contributed by atoms with Gasteiger partial charge in [0.2, 0.25) is 0 Å². The van der Waals surface area contributed by atoms with Gasteiger partial charge < -0.3 is 20.1 Å². The number of amides is 1. The highest BCUT2D eigenvalue weighted by atomic mass is 35.5. The number of carbonyl (C=O) groups excluding carboxylic acids is 1. The SMILES string of the molecule is COc1ccc(CNc2cc(Cl)ncc2C(=O)Nc2ccc(C(F)(F)F)cc2)c(OC)c1. The van der Waals surface area contributed by atoms with Crippen LogP contribution in [0.4, 0.5) is 24.5 Å². The molecule has 0 spiro atoms. The summed E-state index contributed by atoms with van der Waals surface area (Å²) in [6, 6.07) is 11.0. The second-order valence-electron chi connectivity index (χ2n) is 6.61. The van der Waals surface area contributed by atoms with Crippen molar-refractivity contribution in [2.24, 2.45) is 0 Å². The van der Waals surface area contributed by atoms with Crippen molar-refractivity contribution in [1.82, 2.24) is 4.98 Å². The molecule has 10 heteroatoms. The molecule has 168 valence electrons. The molecule has 0 fully saturated rings. The number of ether oxygens (including phenoxy) is 2. The third-order valence-corrected chi connectivity index (χ3v) is 4.76. The van der Waals surface area contributed by atoms with Crippen molar-refractivity contribution in [2.75, 3.05) is 24.9 Å². The van der Waals surface area contributed by atoms with Crippen molar-refractivity contribution in [3.63, 3.8) is 0 Å². The zero-order chi connectivity index (χ0) is 23.3. The van der Waals surface area contributed by atoms with Crippen LogP contribution in [0.3, 0.4) is 0 Å². The highest BCUT2D eigenvalue weighted by molar-refractivity contribution is 6.29. The first kappa shape index (κ1) is 23.2. The van der Waals surface area contributed by atoms with E-state index >= 15 is 0 Å². The van der Waals surface area contributed by atoms with Gasteiger partial charge in [0.15, 0.2) is 0 Å². The number of pyridine rings is 1. The van der Waals surface area contributed by atoms with Crippen molar-refractivity contribution >= 4 is 28.9 Å². The molecule has 3 aromatic rings. The largest absolute Gasteiger partial charge is 0.497 e. The van der Waals surface area contributed by atoms with Crippen molar-refractivity contribution in [2.45, 2.75) is 12.7 Å². The molecule has 0 radical (unpaired) electrons. The number of benzene rings is 2. The first-order chi connectivity index (χ1) is 15.2. The van der Waals surface area contributed by atoms with Crippen LogP contribution < -0.4 is 20.1 Å². The van der Waals surface area contributed by atoms with Crippen LogP contribution >= 0.6 is 11.6 Å². The Morgan fingerprint density at radius 2 is 1.78 bits per heavy atom. The number of nitrogens with one attached hydrogen (secondary N) is 2. The summed E-state index contributed by atoms with van der Waals surface area (Å²) in [4.78, 5) is 16.7. The molecule has 6 nitrogen and oxygen atoms in total. The van der Waals surface area contributed by atoms with Gasteiger partial charge in [0, 0.05) is 30.1 Å². The van der Waals surface area contributed by atoms with Gasteiger partial charge in [-0.2, -0.15) is 13.2 Å². The Hall–Kier alpha value is -3.46. The molecule has 0 unspecified atom stereocenters. The molecule has 0 saturated heterocycles. The van der Waals surface area contributed by atoms with E-state index in [9.17, 15) is 18.0 Å². The van der Waals surface area contributed by atoms with Gasteiger partial charge in [-0.3, -0.25) is 4.79 Å². The highest BCUT2D eigenvalue weighted by Crippen LogP contribution is 2.30. The van der Waals surface area contributed by atoms with Gasteiger partial charge in [-0.05, 0) is 42.5 Å². The van der Waals surface area contributed by atoms with Gasteiger partial charge >= 0.3 is 6.18 Å². The lowest BCUT2D eigenvalue weighted by Crippen LogP contribution is -2.16. The molecule has 1 amide bonds. The fraction of sp³-hybridized carbons (Fsp3) is 0.182. The maximum absolute atomic E-state index is 12.7. The number of hydrogen-bond acceptors (Lipinski definition) is 5. The van der Waals surface area contributed by atoms with E-state index in [4.69, 9.17) is 21.1 Å². The Morgan fingerprint density at radius 1 is 1.06 bits per heavy atom. The number of carbonyl (C=O) groups is 1. The predicted octanol–water partition coefficient (Wildman–Crippen LogP) is 5.64. The van der Waals surface area contributed by atoms with Crippen LogP contribution in [0.2, 0.25) is 5.15 Å². The van der Waals surface area contributed by atoms with Crippen molar-refractivity contribution in [1.29, 1.82) is 0 Å². The molecule has 0 aliphatic rings. The fourth-order valence-electron chi connectivity index (χ4n) is 2.89. The number of rotatable bonds is 7. The topological polar surface area (TPSA) is 72.5 Å². The average Bonchev–Trinajstić information content (AvgIpc) is 2.77. The van der Waals surface area contributed by atoms with E-state index in [1.807, 2.05) is 6.07 Å². The molecule has 1 heterocycles. The van der Waals surface area contributed by atoms with E-state index in [-0.39, 0.29) is 16.4 Å². The van der Waals surface area contributed by atoms with Gasteiger partial charge in [0.05, 0.1) is 31.0 Å². The molecular weight excluding hydrogens is 447 g/mol. The third-order valence-electron chi connectivity index (χ3n) is 4.55. The predicted molar refractivity (Wildman–Crippen MR) is 116 cm³/mol. The number of alkyl halides is 3. The fourth-order valence-corrected chi connectivity index (χ4v) is 3.04. The first-order valence-electron chi connectivity index (χ1n) is 9.30. The Morgan fingerprint density at radius 3 is 2.41 bits per heavy atom. The third kappa shape index (κ3) is 5.61. The number of halogens is 4. The summed E-state index contributed by atoms with van der Waals surface area (Å²) in [7, 11) is 3.08. The number of aromatic nitrogens is 1. The van der Waals surface area contributed by atoms with E-state index < -0.39 is 17.6 Å². The van der Waals surface area contributed by atoms with Crippen LogP contribution in [-0.4, -0.2) is 25.1 Å². The minimum Gasteiger partial charge on any atom is -0.497 e. The second-order valence-corrected chi connectivity index (χ2v) is 7.00. The Bertz CT molecular complexity index is 1110. The van der Waals surface area contributed by atoms with Crippen LogP contribution in [0.5, 0.6) is 11.5 Å². The van der Waals surface area contributed by atoms with Crippen LogP contribution in [-0.2, 0) is 12.7 Å². The second kappa shape index (κ2) is 9.78.